The molecule has 0 fully saturated rings. The lowest BCUT2D eigenvalue weighted by Crippen LogP contribution is -1.90. The Kier molecular flexibility index (Phi) is 7.13. The van der Waals surface area contributed by atoms with Gasteiger partial charge < -0.3 is 4.74 Å². The van der Waals surface area contributed by atoms with Gasteiger partial charge in [0.15, 0.2) is 0 Å². The van der Waals surface area contributed by atoms with Gasteiger partial charge in [-0.3, -0.25) is 0 Å². The highest BCUT2D eigenvalue weighted by atomic mass is 16.5. The predicted octanol–water partition coefficient (Wildman–Crippen LogP) is 3.98. The summed E-state index contributed by atoms with van der Waals surface area (Å²) in [5, 5.41) is 0. The zero-order chi connectivity index (χ0) is 11.0. The first-order chi connectivity index (χ1) is 6.74. The Hall–Kier alpha value is -0.820. The summed E-state index contributed by atoms with van der Waals surface area (Å²) in [6.45, 7) is 9.11. The summed E-state index contributed by atoms with van der Waals surface area (Å²) in [4.78, 5) is 0. The highest BCUT2D eigenvalue weighted by molar-refractivity contribution is 5.24. The van der Waals surface area contributed by atoms with Gasteiger partial charge >= 0.3 is 0 Å². The van der Waals surface area contributed by atoms with E-state index in [0.717, 1.165) is 0 Å². The van der Waals surface area contributed by atoms with Gasteiger partial charge in [0.1, 0.15) is 0 Å². The highest BCUT2D eigenvalue weighted by Gasteiger charge is 1.97. The second-order valence-corrected chi connectivity index (χ2v) is 3.33. The van der Waals surface area contributed by atoms with Crippen LogP contribution in [0.15, 0.2) is 24.3 Å². The van der Waals surface area contributed by atoms with Crippen molar-refractivity contribution in [1.29, 1.82) is 0 Å². The molecule has 0 amide bonds. The molecule has 0 atom stereocenters. The van der Waals surface area contributed by atoms with Gasteiger partial charge in [0.05, 0.1) is 6.61 Å². The topological polar surface area (TPSA) is 9.23 Å². The molecule has 0 heterocycles. The van der Waals surface area contributed by atoms with E-state index in [0.29, 0.717) is 12.5 Å². The van der Waals surface area contributed by atoms with Gasteiger partial charge in [-0.2, -0.15) is 0 Å². The van der Waals surface area contributed by atoms with Crippen LogP contribution in [0.25, 0.3) is 0 Å². The van der Waals surface area contributed by atoms with Crippen molar-refractivity contribution in [2.24, 2.45) is 0 Å². The predicted molar refractivity (Wildman–Crippen MR) is 62.6 cm³/mol. The van der Waals surface area contributed by atoms with Crippen LogP contribution in [-0.2, 0) is 11.3 Å². The molecule has 0 aliphatic heterocycles. The molecular weight excluding hydrogens is 172 g/mol. The molecule has 0 bridgehead atoms. The van der Waals surface area contributed by atoms with Crippen molar-refractivity contribution in [2.75, 3.05) is 7.11 Å². The number of benzene rings is 1. The smallest absolute Gasteiger partial charge is 0.0713 e. The summed E-state index contributed by atoms with van der Waals surface area (Å²) in [6.07, 6.45) is 0. The molecule has 0 aromatic heterocycles. The Morgan fingerprint density at radius 3 is 1.93 bits per heavy atom. The fourth-order valence-electron chi connectivity index (χ4n) is 1.17. The van der Waals surface area contributed by atoms with Crippen molar-refractivity contribution in [1.82, 2.24) is 0 Å². The van der Waals surface area contributed by atoms with Gasteiger partial charge in [-0.15, -0.1) is 0 Å². The summed E-state index contributed by atoms with van der Waals surface area (Å²) in [5.74, 6) is 0.613. The van der Waals surface area contributed by atoms with Gasteiger partial charge in [-0.05, 0) is 17.0 Å². The summed E-state index contributed by atoms with van der Waals surface area (Å²) in [5.41, 5.74) is 2.62. The first-order valence-electron chi connectivity index (χ1n) is 5.32. The zero-order valence-electron chi connectivity index (χ0n) is 10.0. The standard InChI is InChI=1S/C11H16O.C2H6/c1-9(2)11-6-4-10(5-7-11)8-12-3;1-2/h4-7,9H,8H2,1-3H3;1-2H3. The monoisotopic (exact) mass is 194 g/mol. The zero-order valence-corrected chi connectivity index (χ0v) is 10.0. The summed E-state index contributed by atoms with van der Waals surface area (Å²) >= 11 is 0. The second kappa shape index (κ2) is 7.57. The molecule has 14 heavy (non-hydrogen) atoms. The SMILES string of the molecule is CC.COCc1ccc(C(C)C)cc1. The number of ether oxygens (including phenoxy) is 1. The molecule has 1 nitrogen and oxygen atoms in total. The lowest BCUT2D eigenvalue weighted by molar-refractivity contribution is 0.185. The number of hydrogen-bond acceptors (Lipinski definition) is 1. The molecular formula is C13H22O. The fourth-order valence-corrected chi connectivity index (χ4v) is 1.17. The van der Waals surface area contributed by atoms with E-state index in [1.54, 1.807) is 7.11 Å². The van der Waals surface area contributed by atoms with E-state index in [1.807, 2.05) is 13.8 Å². The molecule has 0 saturated heterocycles. The largest absolute Gasteiger partial charge is 0.380 e. The van der Waals surface area contributed by atoms with Crippen molar-refractivity contribution < 1.29 is 4.74 Å². The minimum Gasteiger partial charge on any atom is -0.380 e. The van der Waals surface area contributed by atoms with Gasteiger partial charge in [0.2, 0.25) is 0 Å². The molecule has 0 spiro atoms. The Morgan fingerprint density at radius 2 is 1.57 bits per heavy atom. The van der Waals surface area contributed by atoms with Crippen LogP contribution >= 0.6 is 0 Å². The third kappa shape index (κ3) is 4.43. The van der Waals surface area contributed by atoms with Crippen LogP contribution < -0.4 is 0 Å². The number of hydrogen-bond donors (Lipinski definition) is 0. The summed E-state index contributed by atoms with van der Waals surface area (Å²) < 4.78 is 5.03. The maximum absolute atomic E-state index is 5.03. The molecule has 0 N–H and O–H groups in total. The Labute approximate surface area is 88.1 Å². The minimum absolute atomic E-state index is 0.613. The maximum Gasteiger partial charge on any atom is 0.0713 e. The molecule has 0 aliphatic rings. The second-order valence-electron chi connectivity index (χ2n) is 3.33. The third-order valence-corrected chi connectivity index (χ3v) is 1.96. The van der Waals surface area contributed by atoms with Crippen LogP contribution in [0.4, 0.5) is 0 Å². The van der Waals surface area contributed by atoms with Crippen LogP contribution in [0.3, 0.4) is 0 Å². The van der Waals surface area contributed by atoms with Crippen LogP contribution in [0.2, 0.25) is 0 Å². The van der Waals surface area contributed by atoms with Crippen LogP contribution in [-0.4, -0.2) is 7.11 Å². The molecule has 1 rings (SSSR count). The van der Waals surface area contributed by atoms with Crippen LogP contribution in [0.5, 0.6) is 0 Å². The van der Waals surface area contributed by atoms with E-state index in [9.17, 15) is 0 Å². The molecule has 80 valence electrons. The molecule has 1 aromatic carbocycles. The van der Waals surface area contributed by atoms with E-state index in [1.165, 1.54) is 11.1 Å². The van der Waals surface area contributed by atoms with Crippen molar-refractivity contribution in [3.05, 3.63) is 35.4 Å². The first-order valence-corrected chi connectivity index (χ1v) is 5.32. The van der Waals surface area contributed by atoms with Crippen molar-refractivity contribution in [2.45, 2.75) is 40.2 Å². The molecule has 1 aromatic rings. The maximum atomic E-state index is 5.03. The normalized spacial score (nSPS) is 9.57. The average molecular weight is 194 g/mol. The van der Waals surface area contributed by atoms with Crippen LogP contribution in [0, 0.1) is 0 Å². The van der Waals surface area contributed by atoms with Gasteiger partial charge in [0.25, 0.3) is 0 Å². The van der Waals surface area contributed by atoms with E-state index >= 15 is 0 Å². The van der Waals surface area contributed by atoms with Crippen molar-refractivity contribution in [3.63, 3.8) is 0 Å². The van der Waals surface area contributed by atoms with Gasteiger partial charge in [-0.1, -0.05) is 52.0 Å². The third-order valence-electron chi connectivity index (χ3n) is 1.96. The average Bonchev–Trinajstić information content (AvgIpc) is 2.22. The first kappa shape index (κ1) is 13.2. The fraction of sp³-hybridized carbons (Fsp3) is 0.538. The van der Waals surface area contributed by atoms with Crippen molar-refractivity contribution in [3.8, 4) is 0 Å². The van der Waals surface area contributed by atoms with Gasteiger partial charge in [-0.25, -0.2) is 0 Å². The number of methoxy groups -OCH3 is 1. The lowest BCUT2D eigenvalue weighted by Gasteiger charge is -2.05. The van der Waals surface area contributed by atoms with Crippen molar-refractivity contribution >= 4 is 0 Å². The Bertz CT molecular complexity index is 223. The van der Waals surface area contributed by atoms with E-state index in [-0.39, 0.29) is 0 Å². The molecule has 1 heteroatoms. The van der Waals surface area contributed by atoms with E-state index in [4.69, 9.17) is 4.74 Å². The van der Waals surface area contributed by atoms with E-state index in [2.05, 4.69) is 38.1 Å². The highest BCUT2D eigenvalue weighted by Crippen LogP contribution is 2.14. The Balaban J connectivity index is 0.000000791. The molecule has 0 saturated carbocycles. The Morgan fingerprint density at radius 1 is 1.07 bits per heavy atom. The van der Waals surface area contributed by atoms with E-state index < -0.39 is 0 Å². The lowest BCUT2D eigenvalue weighted by atomic mass is 10.0. The molecule has 0 aliphatic carbocycles. The molecule has 0 radical (unpaired) electrons. The summed E-state index contributed by atoms with van der Waals surface area (Å²) in [7, 11) is 1.72. The van der Waals surface area contributed by atoms with Crippen LogP contribution in [0.1, 0.15) is 44.7 Å². The number of rotatable bonds is 3. The van der Waals surface area contributed by atoms with Gasteiger partial charge in [0, 0.05) is 7.11 Å². The molecule has 0 unspecified atom stereocenters. The quantitative estimate of drug-likeness (QED) is 0.707. The minimum atomic E-state index is 0.613. The summed E-state index contributed by atoms with van der Waals surface area (Å²) in [6, 6.07) is 8.58.